The molecule has 2 aliphatic rings. The molecule has 0 unspecified atom stereocenters. The van der Waals surface area contributed by atoms with Crippen LogP contribution in [0.1, 0.15) is 56.2 Å². The van der Waals surface area contributed by atoms with Crippen LogP contribution in [0.25, 0.3) is 0 Å². The van der Waals surface area contributed by atoms with Gasteiger partial charge in [0.05, 0.1) is 5.92 Å². The van der Waals surface area contributed by atoms with Gasteiger partial charge in [0, 0.05) is 19.0 Å². The SMILES string of the molecule is Cc1noc([C@H]2CC(=O)N(C3CCCCC3)C2)n1. The molecule has 1 aromatic heterocycles. The standard InChI is InChI=1S/C13H19N3O2/c1-9-14-13(18-15-9)10-7-12(17)16(8-10)11-5-3-2-4-6-11/h10-11H,2-8H2,1H3/t10-/m0/s1. The molecule has 0 N–H and O–H groups in total. The summed E-state index contributed by atoms with van der Waals surface area (Å²) in [6.45, 7) is 2.56. The van der Waals surface area contributed by atoms with Crippen molar-refractivity contribution in [1.29, 1.82) is 0 Å². The smallest absolute Gasteiger partial charge is 0.232 e. The van der Waals surface area contributed by atoms with Gasteiger partial charge >= 0.3 is 0 Å². The maximum atomic E-state index is 12.1. The van der Waals surface area contributed by atoms with Crippen LogP contribution in [0.2, 0.25) is 0 Å². The fourth-order valence-corrected chi connectivity index (χ4v) is 3.12. The molecule has 1 saturated heterocycles. The van der Waals surface area contributed by atoms with Gasteiger partial charge in [0.2, 0.25) is 11.8 Å². The lowest BCUT2D eigenvalue weighted by atomic mass is 9.94. The van der Waals surface area contributed by atoms with E-state index in [9.17, 15) is 4.79 Å². The molecule has 1 saturated carbocycles. The summed E-state index contributed by atoms with van der Waals surface area (Å²) in [7, 11) is 0. The molecule has 5 nitrogen and oxygen atoms in total. The van der Waals surface area contributed by atoms with Crippen LogP contribution in [-0.2, 0) is 4.79 Å². The zero-order valence-electron chi connectivity index (χ0n) is 10.8. The molecular weight excluding hydrogens is 230 g/mol. The Bertz CT molecular complexity index is 437. The van der Waals surface area contributed by atoms with Crippen LogP contribution < -0.4 is 0 Å². The highest BCUT2D eigenvalue weighted by Crippen LogP contribution is 2.32. The van der Waals surface area contributed by atoms with Gasteiger partial charge < -0.3 is 9.42 Å². The van der Waals surface area contributed by atoms with Crippen LogP contribution in [0, 0.1) is 6.92 Å². The van der Waals surface area contributed by atoms with Gasteiger partial charge in [0.1, 0.15) is 0 Å². The van der Waals surface area contributed by atoms with Gasteiger partial charge in [-0.3, -0.25) is 4.79 Å². The number of likely N-dealkylation sites (tertiary alicyclic amines) is 1. The van der Waals surface area contributed by atoms with Crippen molar-refractivity contribution in [2.45, 2.75) is 57.4 Å². The first-order valence-electron chi connectivity index (χ1n) is 6.83. The quantitative estimate of drug-likeness (QED) is 0.804. The number of amides is 1. The molecule has 0 spiro atoms. The van der Waals surface area contributed by atoms with Gasteiger partial charge in [-0.15, -0.1) is 0 Å². The second kappa shape index (κ2) is 4.71. The molecule has 2 fully saturated rings. The summed E-state index contributed by atoms with van der Waals surface area (Å²) < 4.78 is 5.19. The van der Waals surface area contributed by atoms with Gasteiger partial charge in [0.15, 0.2) is 5.82 Å². The Kier molecular flexibility index (Phi) is 3.06. The minimum absolute atomic E-state index is 0.0978. The lowest BCUT2D eigenvalue weighted by Gasteiger charge is -2.31. The fourth-order valence-electron chi connectivity index (χ4n) is 3.12. The Hall–Kier alpha value is -1.39. The van der Waals surface area contributed by atoms with Crippen LogP contribution >= 0.6 is 0 Å². The van der Waals surface area contributed by atoms with Crippen molar-refractivity contribution in [1.82, 2.24) is 15.0 Å². The molecule has 1 aliphatic heterocycles. The van der Waals surface area contributed by atoms with Crippen molar-refractivity contribution in [3.8, 4) is 0 Å². The number of carbonyl (C=O) groups is 1. The van der Waals surface area contributed by atoms with Crippen LogP contribution in [0.3, 0.4) is 0 Å². The molecule has 2 heterocycles. The Morgan fingerprint density at radius 3 is 2.72 bits per heavy atom. The van der Waals surface area contributed by atoms with Crippen molar-refractivity contribution in [2.75, 3.05) is 6.54 Å². The summed E-state index contributed by atoms with van der Waals surface area (Å²) in [5, 5.41) is 3.81. The van der Waals surface area contributed by atoms with E-state index in [1.165, 1.54) is 19.3 Å². The monoisotopic (exact) mass is 249 g/mol. The first kappa shape index (κ1) is 11.7. The largest absolute Gasteiger partial charge is 0.339 e. The number of aryl methyl sites for hydroxylation is 1. The average molecular weight is 249 g/mol. The Labute approximate surface area is 107 Å². The molecule has 1 amide bonds. The van der Waals surface area contributed by atoms with E-state index in [-0.39, 0.29) is 11.8 Å². The van der Waals surface area contributed by atoms with Crippen LogP contribution in [0.5, 0.6) is 0 Å². The Morgan fingerprint density at radius 1 is 1.28 bits per heavy atom. The number of nitrogens with zero attached hydrogens (tertiary/aromatic N) is 3. The summed E-state index contributed by atoms with van der Waals surface area (Å²) in [4.78, 5) is 18.4. The molecule has 0 radical (unpaired) electrons. The minimum atomic E-state index is 0.0978. The second-order valence-corrected chi connectivity index (χ2v) is 5.42. The van der Waals surface area contributed by atoms with E-state index < -0.39 is 0 Å². The van der Waals surface area contributed by atoms with Crippen LogP contribution in [-0.4, -0.2) is 33.5 Å². The molecule has 0 aromatic carbocycles. The van der Waals surface area contributed by atoms with E-state index in [0.717, 1.165) is 19.4 Å². The maximum Gasteiger partial charge on any atom is 0.232 e. The third-order valence-electron chi connectivity index (χ3n) is 4.07. The lowest BCUT2D eigenvalue weighted by molar-refractivity contribution is -0.130. The zero-order valence-corrected chi connectivity index (χ0v) is 10.8. The normalized spacial score (nSPS) is 25.9. The molecular formula is C13H19N3O2. The van der Waals surface area contributed by atoms with Gasteiger partial charge in [0.25, 0.3) is 0 Å². The summed E-state index contributed by atoms with van der Waals surface area (Å²) in [6.07, 6.45) is 6.64. The molecule has 1 aromatic rings. The Morgan fingerprint density at radius 2 is 2.06 bits per heavy atom. The highest BCUT2D eigenvalue weighted by molar-refractivity contribution is 5.79. The number of rotatable bonds is 2. The lowest BCUT2D eigenvalue weighted by Crippen LogP contribution is -2.37. The average Bonchev–Trinajstić information content (AvgIpc) is 2.97. The van der Waals surface area contributed by atoms with Crippen molar-refractivity contribution in [3.63, 3.8) is 0 Å². The number of hydrogen-bond acceptors (Lipinski definition) is 4. The van der Waals surface area contributed by atoms with Gasteiger partial charge in [-0.2, -0.15) is 4.98 Å². The van der Waals surface area contributed by atoms with Crippen LogP contribution in [0.4, 0.5) is 0 Å². The predicted molar refractivity (Wildman–Crippen MR) is 65.0 cm³/mol. The van der Waals surface area contributed by atoms with Crippen molar-refractivity contribution < 1.29 is 9.32 Å². The molecule has 1 atom stereocenters. The van der Waals surface area contributed by atoms with Gasteiger partial charge in [-0.05, 0) is 19.8 Å². The van der Waals surface area contributed by atoms with E-state index in [1.807, 2.05) is 11.8 Å². The molecule has 98 valence electrons. The second-order valence-electron chi connectivity index (χ2n) is 5.42. The minimum Gasteiger partial charge on any atom is -0.339 e. The maximum absolute atomic E-state index is 12.1. The van der Waals surface area contributed by atoms with Gasteiger partial charge in [-0.1, -0.05) is 24.4 Å². The molecule has 5 heteroatoms. The summed E-state index contributed by atoms with van der Waals surface area (Å²) in [5.41, 5.74) is 0. The summed E-state index contributed by atoms with van der Waals surface area (Å²) >= 11 is 0. The molecule has 3 rings (SSSR count). The van der Waals surface area contributed by atoms with Gasteiger partial charge in [-0.25, -0.2) is 0 Å². The van der Waals surface area contributed by atoms with E-state index in [4.69, 9.17) is 4.52 Å². The topological polar surface area (TPSA) is 59.2 Å². The van der Waals surface area contributed by atoms with E-state index in [1.54, 1.807) is 0 Å². The highest BCUT2D eigenvalue weighted by atomic mass is 16.5. The van der Waals surface area contributed by atoms with E-state index in [2.05, 4.69) is 10.1 Å². The molecule has 18 heavy (non-hydrogen) atoms. The summed E-state index contributed by atoms with van der Waals surface area (Å²) in [6, 6.07) is 0.445. The number of hydrogen-bond donors (Lipinski definition) is 0. The first-order valence-corrected chi connectivity index (χ1v) is 6.83. The predicted octanol–water partition coefficient (Wildman–Crippen LogP) is 2.03. The van der Waals surface area contributed by atoms with Crippen molar-refractivity contribution >= 4 is 5.91 Å². The highest BCUT2D eigenvalue weighted by Gasteiger charge is 2.37. The third kappa shape index (κ3) is 2.13. The van der Waals surface area contributed by atoms with E-state index >= 15 is 0 Å². The fraction of sp³-hybridized carbons (Fsp3) is 0.769. The third-order valence-corrected chi connectivity index (χ3v) is 4.07. The first-order chi connectivity index (χ1) is 8.74. The van der Waals surface area contributed by atoms with Crippen molar-refractivity contribution in [2.24, 2.45) is 0 Å². The van der Waals surface area contributed by atoms with Crippen LogP contribution in [0.15, 0.2) is 4.52 Å². The molecule has 0 bridgehead atoms. The van der Waals surface area contributed by atoms with E-state index in [0.29, 0.717) is 24.2 Å². The summed E-state index contributed by atoms with van der Waals surface area (Å²) in [5.74, 6) is 1.62. The molecule has 1 aliphatic carbocycles. The number of carbonyl (C=O) groups excluding carboxylic acids is 1. The van der Waals surface area contributed by atoms with Crippen molar-refractivity contribution in [3.05, 3.63) is 11.7 Å². The number of aromatic nitrogens is 2. The Balaban J connectivity index is 1.69. The zero-order chi connectivity index (χ0) is 12.5.